The first-order valence-electron chi connectivity index (χ1n) is 6.62. The summed E-state index contributed by atoms with van der Waals surface area (Å²) >= 11 is 6.29. The van der Waals surface area contributed by atoms with Gasteiger partial charge in [0, 0.05) is 29.4 Å². The van der Waals surface area contributed by atoms with E-state index in [1.165, 1.54) is 0 Å². The van der Waals surface area contributed by atoms with Gasteiger partial charge in [0.25, 0.3) is 0 Å². The summed E-state index contributed by atoms with van der Waals surface area (Å²) in [5.41, 5.74) is 10.1. The van der Waals surface area contributed by atoms with Gasteiger partial charge in [-0.2, -0.15) is 5.10 Å². The second kappa shape index (κ2) is 5.76. The molecule has 2 aromatic rings. The van der Waals surface area contributed by atoms with Crippen LogP contribution in [0.5, 0.6) is 0 Å². The highest BCUT2D eigenvalue weighted by atomic mass is 35.5. The molecule has 1 aromatic heterocycles. The molecule has 0 saturated carbocycles. The molecule has 3 nitrogen and oxygen atoms in total. The predicted molar refractivity (Wildman–Crippen MR) is 80.3 cm³/mol. The van der Waals surface area contributed by atoms with E-state index >= 15 is 0 Å². The smallest absolute Gasteiger partial charge is 0.0672 e. The van der Waals surface area contributed by atoms with E-state index < -0.39 is 0 Å². The van der Waals surface area contributed by atoms with E-state index in [9.17, 15) is 0 Å². The van der Waals surface area contributed by atoms with Gasteiger partial charge >= 0.3 is 0 Å². The number of aryl methyl sites for hydroxylation is 2. The predicted octanol–water partition coefficient (Wildman–Crippen LogP) is 3.94. The Balaban J connectivity index is 2.39. The highest BCUT2D eigenvalue weighted by Gasteiger charge is 2.11. The van der Waals surface area contributed by atoms with Crippen molar-refractivity contribution in [2.24, 2.45) is 5.73 Å². The first kappa shape index (κ1) is 14.1. The molecular weight excluding hydrogens is 258 g/mol. The SMILES string of the molecule is CCCn1cc(-c2ccc(C(C)N)c(Cl)c2)c(C)n1. The Morgan fingerprint density at radius 1 is 1.42 bits per heavy atom. The number of rotatable bonds is 4. The van der Waals surface area contributed by atoms with Crippen LogP contribution in [0.25, 0.3) is 11.1 Å². The maximum Gasteiger partial charge on any atom is 0.0672 e. The van der Waals surface area contributed by atoms with Crippen molar-refractivity contribution in [2.45, 2.75) is 39.8 Å². The molecule has 0 aliphatic rings. The van der Waals surface area contributed by atoms with E-state index in [-0.39, 0.29) is 6.04 Å². The lowest BCUT2D eigenvalue weighted by Gasteiger charge is -2.09. The molecule has 0 radical (unpaired) electrons. The van der Waals surface area contributed by atoms with Gasteiger partial charge in [-0.15, -0.1) is 0 Å². The van der Waals surface area contributed by atoms with E-state index in [1.54, 1.807) is 0 Å². The highest BCUT2D eigenvalue weighted by Crippen LogP contribution is 2.29. The van der Waals surface area contributed by atoms with Crippen LogP contribution in [0.1, 0.15) is 37.6 Å². The summed E-state index contributed by atoms with van der Waals surface area (Å²) < 4.78 is 1.98. The van der Waals surface area contributed by atoms with Crippen molar-refractivity contribution < 1.29 is 0 Å². The largest absolute Gasteiger partial charge is 0.324 e. The molecule has 1 aromatic carbocycles. The Morgan fingerprint density at radius 3 is 2.74 bits per heavy atom. The van der Waals surface area contributed by atoms with Crippen molar-refractivity contribution in [3.63, 3.8) is 0 Å². The molecule has 102 valence electrons. The normalized spacial score (nSPS) is 12.7. The topological polar surface area (TPSA) is 43.8 Å². The van der Waals surface area contributed by atoms with Gasteiger partial charge in [-0.1, -0.05) is 30.7 Å². The number of benzene rings is 1. The van der Waals surface area contributed by atoms with E-state index in [2.05, 4.69) is 24.3 Å². The summed E-state index contributed by atoms with van der Waals surface area (Å²) in [5.74, 6) is 0. The molecule has 0 aliphatic carbocycles. The van der Waals surface area contributed by atoms with Crippen LogP contribution in [0.15, 0.2) is 24.4 Å². The summed E-state index contributed by atoms with van der Waals surface area (Å²) in [4.78, 5) is 0. The van der Waals surface area contributed by atoms with Gasteiger partial charge in [0.05, 0.1) is 5.69 Å². The molecule has 2 rings (SSSR count). The second-order valence-electron chi connectivity index (χ2n) is 4.92. The first-order chi connectivity index (χ1) is 9.02. The summed E-state index contributed by atoms with van der Waals surface area (Å²) in [6, 6.07) is 5.98. The minimum absolute atomic E-state index is 0.0505. The van der Waals surface area contributed by atoms with Gasteiger partial charge in [0.2, 0.25) is 0 Å². The van der Waals surface area contributed by atoms with Crippen LogP contribution >= 0.6 is 11.6 Å². The molecule has 19 heavy (non-hydrogen) atoms. The first-order valence-corrected chi connectivity index (χ1v) is 7.00. The zero-order valence-corrected chi connectivity index (χ0v) is 12.4. The zero-order chi connectivity index (χ0) is 14.0. The number of nitrogens with two attached hydrogens (primary N) is 1. The third kappa shape index (κ3) is 2.99. The van der Waals surface area contributed by atoms with E-state index in [0.29, 0.717) is 0 Å². The van der Waals surface area contributed by atoms with Gasteiger partial charge in [0.15, 0.2) is 0 Å². The van der Waals surface area contributed by atoms with Crippen LogP contribution in [0.3, 0.4) is 0 Å². The Bertz CT molecular complexity index is 573. The number of hydrogen-bond acceptors (Lipinski definition) is 2. The molecule has 1 unspecified atom stereocenters. The van der Waals surface area contributed by atoms with Crippen LogP contribution in [0.2, 0.25) is 5.02 Å². The summed E-state index contributed by atoms with van der Waals surface area (Å²) in [7, 11) is 0. The molecule has 4 heteroatoms. The average Bonchev–Trinajstić information content (AvgIpc) is 2.70. The number of aromatic nitrogens is 2. The van der Waals surface area contributed by atoms with E-state index in [0.717, 1.165) is 40.4 Å². The van der Waals surface area contributed by atoms with Crippen molar-refractivity contribution in [2.75, 3.05) is 0 Å². The van der Waals surface area contributed by atoms with Crippen LogP contribution < -0.4 is 5.73 Å². The van der Waals surface area contributed by atoms with Crippen LogP contribution in [0, 0.1) is 6.92 Å². The molecule has 0 fully saturated rings. The standard InChI is InChI=1S/C15H20ClN3/c1-4-7-19-9-14(11(3)18-19)12-5-6-13(10(2)17)15(16)8-12/h5-6,8-10H,4,7,17H2,1-3H3. The lowest BCUT2D eigenvalue weighted by molar-refractivity contribution is 0.598. The van der Waals surface area contributed by atoms with Crippen molar-refractivity contribution in [3.05, 3.63) is 40.7 Å². The maximum absolute atomic E-state index is 6.29. The molecule has 0 bridgehead atoms. The van der Waals surface area contributed by atoms with Crippen LogP contribution in [-0.2, 0) is 6.54 Å². The van der Waals surface area contributed by atoms with Gasteiger partial charge < -0.3 is 5.73 Å². The molecule has 0 aliphatic heterocycles. The Hall–Kier alpha value is -1.32. The van der Waals surface area contributed by atoms with Crippen molar-refractivity contribution >= 4 is 11.6 Å². The molecule has 1 atom stereocenters. The fourth-order valence-corrected chi connectivity index (χ4v) is 2.56. The number of halogens is 1. The van der Waals surface area contributed by atoms with Crippen LogP contribution in [0.4, 0.5) is 0 Å². The third-order valence-electron chi connectivity index (χ3n) is 3.20. The third-order valence-corrected chi connectivity index (χ3v) is 3.53. The number of hydrogen-bond donors (Lipinski definition) is 1. The maximum atomic E-state index is 6.29. The lowest BCUT2D eigenvalue weighted by atomic mass is 10.0. The zero-order valence-electron chi connectivity index (χ0n) is 11.7. The number of nitrogens with zero attached hydrogens (tertiary/aromatic N) is 2. The van der Waals surface area contributed by atoms with E-state index in [4.69, 9.17) is 17.3 Å². The van der Waals surface area contributed by atoms with Gasteiger partial charge in [-0.3, -0.25) is 4.68 Å². The van der Waals surface area contributed by atoms with Crippen LogP contribution in [-0.4, -0.2) is 9.78 Å². The summed E-state index contributed by atoms with van der Waals surface area (Å²) in [6.45, 7) is 7.04. The lowest BCUT2D eigenvalue weighted by Crippen LogP contribution is -2.05. The Labute approximate surface area is 119 Å². The molecular formula is C15H20ClN3. The fourth-order valence-electron chi connectivity index (χ4n) is 2.21. The monoisotopic (exact) mass is 277 g/mol. The fraction of sp³-hybridized carbons (Fsp3) is 0.400. The van der Waals surface area contributed by atoms with Gasteiger partial charge in [0.1, 0.15) is 0 Å². The van der Waals surface area contributed by atoms with Gasteiger partial charge in [-0.05, 0) is 37.5 Å². The Kier molecular flexibility index (Phi) is 4.27. The molecule has 2 N–H and O–H groups in total. The van der Waals surface area contributed by atoms with Crippen molar-refractivity contribution in [3.8, 4) is 11.1 Å². The second-order valence-corrected chi connectivity index (χ2v) is 5.32. The minimum atomic E-state index is -0.0505. The quantitative estimate of drug-likeness (QED) is 0.920. The molecule has 0 saturated heterocycles. The molecule has 0 amide bonds. The van der Waals surface area contributed by atoms with Crippen molar-refractivity contribution in [1.82, 2.24) is 9.78 Å². The summed E-state index contributed by atoms with van der Waals surface area (Å²) in [6.07, 6.45) is 3.15. The molecule has 0 spiro atoms. The van der Waals surface area contributed by atoms with E-state index in [1.807, 2.05) is 30.7 Å². The highest BCUT2D eigenvalue weighted by molar-refractivity contribution is 6.31. The minimum Gasteiger partial charge on any atom is -0.324 e. The Morgan fingerprint density at radius 2 is 2.16 bits per heavy atom. The van der Waals surface area contributed by atoms with Crippen molar-refractivity contribution in [1.29, 1.82) is 0 Å². The summed E-state index contributed by atoms with van der Waals surface area (Å²) in [5, 5.41) is 5.23. The van der Waals surface area contributed by atoms with Gasteiger partial charge in [-0.25, -0.2) is 0 Å². The average molecular weight is 278 g/mol. The molecule has 1 heterocycles.